The van der Waals surface area contributed by atoms with Crippen molar-refractivity contribution in [2.75, 3.05) is 6.54 Å². The maximum atomic E-state index is 12.5. The van der Waals surface area contributed by atoms with Crippen LogP contribution < -0.4 is 5.73 Å². The highest BCUT2D eigenvalue weighted by Gasteiger charge is 2.52. The van der Waals surface area contributed by atoms with Crippen molar-refractivity contribution >= 4 is 0 Å². The Morgan fingerprint density at radius 1 is 1.25 bits per heavy atom. The number of aromatic hydroxyl groups is 1. The lowest BCUT2D eigenvalue weighted by Crippen LogP contribution is -2.52. The number of halogens is 3. The van der Waals surface area contributed by atoms with Gasteiger partial charge in [-0.15, -0.1) is 0 Å². The van der Waals surface area contributed by atoms with Crippen molar-refractivity contribution in [3.8, 4) is 5.75 Å². The lowest BCUT2D eigenvalue weighted by atomic mass is 9.94. The summed E-state index contributed by atoms with van der Waals surface area (Å²) in [6.45, 7) is -0.924. The molecule has 1 unspecified atom stereocenters. The van der Waals surface area contributed by atoms with E-state index in [0.29, 0.717) is 0 Å². The molecule has 6 heteroatoms. The van der Waals surface area contributed by atoms with E-state index < -0.39 is 24.7 Å². The number of alkyl halides is 3. The van der Waals surface area contributed by atoms with Gasteiger partial charge in [0.1, 0.15) is 5.75 Å². The Balaban J connectivity index is 2.94. The fourth-order valence-corrected chi connectivity index (χ4v) is 1.29. The van der Waals surface area contributed by atoms with Crippen molar-refractivity contribution in [2.24, 2.45) is 5.73 Å². The first-order valence-electron chi connectivity index (χ1n) is 4.55. The van der Waals surface area contributed by atoms with E-state index in [1.165, 1.54) is 18.2 Å². The molecule has 0 aliphatic heterocycles. The van der Waals surface area contributed by atoms with Crippen LogP contribution in [0, 0.1) is 0 Å². The minimum atomic E-state index is -4.80. The molecule has 0 saturated carbocycles. The second-order valence-corrected chi connectivity index (χ2v) is 3.58. The molecule has 1 aromatic carbocycles. The topological polar surface area (TPSA) is 66.5 Å². The van der Waals surface area contributed by atoms with Gasteiger partial charge in [0.05, 0.1) is 0 Å². The molecule has 0 aliphatic carbocycles. The lowest BCUT2D eigenvalue weighted by molar-refractivity contribution is -0.255. The lowest BCUT2D eigenvalue weighted by Gasteiger charge is -2.29. The second-order valence-electron chi connectivity index (χ2n) is 3.58. The van der Waals surface area contributed by atoms with Crippen LogP contribution in [0.1, 0.15) is 5.56 Å². The molecule has 0 fully saturated rings. The van der Waals surface area contributed by atoms with Gasteiger partial charge in [-0.1, -0.05) is 12.1 Å². The number of benzene rings is 1. The van der Waals surface area contributed by atoms with Crippen LogP contribution in [-0.2, 0) is 6.42 Å². The Bertz CT molecular complexity index is 367. The van der Waals surface area contributed by atoms with Crippen LogP contribution >= 0.6 is 0 Å². The van der Waals surface area contributed by atoms with E-state index in [1.54, 1.807) is 0 Å². The molecule has 4 N–H and O–H groups in total. The summed E-state index contributed by atoms with van der Waals surface area (Å²) in [6.07, 6.45) is -5.48. The Morgan fingerprint density at radius 3 is 2.31 bits per heavy atom. The van der Waals surface area contributed by atoms with Gasteiger partial charge in [-0.3, -0.25) is 0 Å². The van der Waals surface area contributed by atoms with Gasteiger partial charge in [0, 0.05) is 13.0 Å². The van der Waals surface area contributed by atoms with E-state index >= 15 is 0 Å². The average Bonchev–Trinajstić information content (AvgIpc) is 2.15. The third-order valence-corrected chi connectivity index (χ3v) is 2.27. The van der Waals surface area contributed by atoms with Gasteiger partial charge in [0.25, 0.3) is 0 Å². The molecule has 16 heavy (non-hydrogen) atoms. The van der Waals surface area contributed by atoms with Crippen molar-refractivity contribution in [1.29, 1.82) is 0 Å². The summed E-state index contributed by atoms with van der Waals surface area (Å²) in [5.41, 5.74) is 2.16. The molecule has 0 saturated heterocycles. The summed E-state index contributed by atoms with van der Waals surface area (Å²) >= 11 is 0. The monoisotopic (exact) mass is 235 g/mol. The third kappa shape index (κ3) is 2.65. The van der Waals surface area contributed by atoms with Crippen LogP contribution in [0.4, 0.5) is 13.2 Å². The van der Waals surface area contributed by atoms with Crippen molar-refractivity contribution in [1.82, 2.24) is 0 Å². The minimum Gasteiger partial charge on any atom is -0.508 e. The number of nitrogens with two attached hydrogens (primary N) is 1. The van der Waals surface area contributed by atoms with E-state index in [1.807, 2.05) is 0 Å². The normalized spacial score (nSPS) is 15.8. The molecule has 0 heterocycles. The summed E-state index contributed by atoms with van der Waals surface area (Å²) in [7, 11) is 0. The predicted molar refractivity (Wildman–Crippen MR) is 51.9 cm³/mol. The maximum Gasteiger partial charge on any atom is 0.418 e. The van der Waals surface area contributed by atoms with Gasteiger partial charge in [-0.25, -0.2) is 0 Å². The van der Waals surface area contributed by atoms with Gasteiger partial charge >= 0.3 is 6.18 Å². The van der Waals surface area contributed by atoms with Crippen molar-refractivity contribution in [3.63, 3.8) is 0 Å². The van der Waals surface area contributed by atoms with E-state index in [-0.39, 0.29) is 11.3 Å². The Hall–Kier alpha value is -1.27. The molecule has 0 amide bonds. The van der Waals surface area contributed by atoms with E-state index in [2.05, 4.69) is 0 Å². The van der Waals surface area contributed by atoms with Crippen LogP contribution in [0.25, 0.3) is 0 Å². The SMILES string of the molecule is NCC(O)(Cc1cccc(O)c1)C(F)(F)F. The highest BCUT2D eigenvalue weighted by Crippen LogP contribution is 2.32. The fourth-order valence-electron chi connectivity index (χ4n) is 1.29. The molecule has 3 nitrogen and oxygen atoms in total. The summed E-state index contributed by atoms with van der Waals surface area (Å²) < 4.78 is 37.5. The molecule has 0 bridgehead atoms. The highest BCUT2D eigenvalue weighted by atomic mass is 19.4. The Labute approximate surface area is 90.3 Å². The van der Waals surface area contributed by atoms with Gasteiger partial charge < -0.3 is 15.9 Å². The average molecular weight is 235 g/mol. The van der Waals surface area contributed by atoms with E-state index in [9.17, 15) is 18.3 Å². The first-order valence-corrected chi connectivity index (χ1v) is 4.55. The zero-order valence-corrected chi connectivity index (χ0v) is 8.33. The molecule has 0 radical (unpaired) electrons. The van der Waals surface area contributed by atoms with Crippen molar-refractivity contribution in [3.05, 3.63) is 29.8 Å². The largest absolute Gasteiger partial charge is 0.508 e. The number of phenols is 1. The standard InChI is InChI=1S/C10H12F3NO2/c11-10(12,13)9(16,6-14)5-7-2-1-3-8(15)4-7/h1-4,15-16H,5-6,14H2. The first-order chi connectivity index (χ1) is 7.28. The molecule has 1 aromatic rings. The number of rotatable bonds is 3. The predicted octanol–water partition coefficient (Wildman–Crippen LogP) is 1.19. The molecule has 1 rings (SSSR count). The zero-order chi connectivity index (χ0) is 12.4. The maximum absolute atomic E-state index is 12.5. The molecule has 90 valence electrons. The third-order valence-electron chi connectivity index (χ3n) is 2.27. The van der Waals surface area contributed by atoms with Crippen LogP contribution in [0.5, 0.6) is 5.75 Å². The van der Waals surface area contributed by atoms with Crippen LogP contribution in [0.3, 0.4) is 0 Å². The van der Waals surface area contributed by atoms with E-state index in [4.69, 9.17) is 10.8 Å². The summed E-state index contributed by atoms with van der Waals surface area (Å²) in [5.74, 6) is -0.154. The van der Waals surface area contributed by atoms with Crippen LogP contribution in [-0.4, -0.2) is 28.5 Å². The Kier molecular flexibility index (Phi) is 3.44. The zero-order valence-electron chi connectivity index (χ0n) is 8.33. The summed E-state index contributed by atoms with van der Waals surface area (Å²) in [4.78, 5) is 0. The van der Waals surface area contributed by atoms with Gasteiger partial charge in [-0.2, -0.15) is 13.2 Å². The summed E-state index contributed by atoms with van der Waals surface area (Å²) in [5, 5.41) is 18.5. The fraction of sp³-hybridized carbons (Fsp3) is 0.400. The smallest absolute Gasteiger partial charge is 0.418 e. The minimum absolute atomic E-state index is 0.154. The molecule has 0 aliphatic rings. The highest BCUT2D eigenvalue weighted by molar-refractivity contribution is 5.28. The van der Waals surface area contributed by atoms with Gasteiger partial charge in [0.15, 0.2) is 5.60 Å². The van der Waals surface area contributed by atoms with E-state index in [0.717, 1.165) is 6.07 Å². The Morgan fingerprint density at radius 2 is 1.88 bits per heavy atom. The van der Waals surface area contributed by atoms with Crippen LogP contribution in [0.2, 0.25) is 0 Å². The molecule has 0 aromatic heterocycles. The number of hydrogen-bond acceptors (Lipinski definition) is 3. The number of aliphatic hydroxyl groups is 1. The second kappa shape index (κ2) is 4.31. The molecule has 1 atom stereocenters. The molecular weight excluding hydrogens is 223 g/mol. The van der Waals surface area contributed by atoms with Crippen LogP contribution in [0.15, 0.2) is 24.3 Å². The first kappa shape index (κ1) is 12.8. The number of hydrogen-bond donors (Lipinski definition) is 3. The summed E-state index contributed by atoms with van der Waals surface area (Å²) in [6, 6.07) is 5.27. The van der Waals surface area contributed by atoms with Crippen molar-refractivity contribution < 1.29 is 23.4 Å². The van der Waals surface area contributed by atoms with Gasteiger partial charge in [0.2, 0.25) is 0 Å². The molecule has 0 spiro atoms. The van der Waals surface area contributed by atoms with Crippen molar-refractivity contribution in [2.45, 2.75) is 18.2 Å². The number of phenolic OH excluding ortho intramolecular Hbond substituents is 1. The molecular formula is C10H12F3NO2. The van der Waals surface area contributed by atoms with Gasteiger partial charge in [-0.05, 0) is 17.7 Å². The quantitative estimate of drug-likeness (QED) is 0.737.